The van der Waals surface area contributed by atoms with Crippen LogP contribution in [0.1, 0.15) is 32.3 Å². The SMILES string of the molecule is CC#CC(OC)Oc1nc(-c2ccncc2)nc(NS(=O)(=O)c2ccc(C(C)C)cn2)c1Oc1ccccc1OC. The van der Waals surface area contributed by atoms with Crippen LogP contribution in [0.2, 0.25) is 0 Å². The zero-order chi connectivity index (χ0) is 29.4. The summed E-state index contributed by atoms with van der Waals surface area (Å²) in [5.41, 5.74) is 1.44. The first-order valence-electron chi connectivity index (χ1n) is 12.5. The van der Waals surface area contributed by atoms with E-state index in [0.717, 1.165) is 5.56 Å². The highest BCUT2D eigenvalue weighted by molar-refractivity contribution is 7.92. The van der Waals surface area contributed by atoms with Crippen LogP contribution in [0.4, 0.5) is 5.82 Å². The monoisotopic (exact) mass is 575 g/mol. The van der Waals surface area contributed by atoms with Crippen LogP contribution in [-0.2, 0) is 14.8 Å². The maximum Gasteiger partial charge on any atom is 0.280 e. The molecule has 0 aliphatic carbocycles. The lowest BCUT2D eigenvalue weighted by atomic mass is 10.1. The van der Waals surface area contributed by atoms with Crippen molar-refractivity contribution in [3.63, 3.8) is 0 Å². The molecule has 0 amide bonds. The molecule has 1 N–H and O–H groups in total. The Labute approximate surface area is 239 Å². The fourth-order valence-corrected chi connectivity index (χ4v) is 4.48. The lowest BCUT2D eigenvalue weighted by molar-refractivity contribution is -0.0123. The van der Waals surface area contributed by atoms with Gasteiger partial charge in [-0.05, 0) is 54.7 Å². The van der Waals surface area contributed by atoms with E-state index in [4.69, 9.17) is 18.9 Å². The topological polar surface area (TPSA) is 135 Å². The minimum Gasteiger partial charge on any atom is -0.493 e. The lowest BCUT2D eigenvalue weighted by Gasteiger charge is -2.19. The quantitative estimate of drug-likeness (QED) is 0.192. The standard InChI is InChI=1S/C29H29N5O6S/c1-6-9-25(38-5)40-29-26(39-23-11-8-7-10-22(23)37-4)28(32-27(33-29)20-14-16-30-17-15-20)34-41(35,36)24-13-12-21(18-31-24)19(2)3/h7-8,10-19,25H,1-5H3,(H,32,33,34). The van der Waals surface area contributed by atoms with Crippen molar-refractivity contribution >= 4 is 15.8 Å². The largest absolute Gasteiger partial charge is 0.493 e. The van der Waals surface area contributed by atoms with Crippen LogP contribution in [0, 0.1) is 11.8 Å². The average molecular weight is 576 g/mol. The maximum absolute atomic E-state index is 13.5. The molecule has 0 aliphatic heterocycles. The van der Waals surface area contributed by atoms with E-state index >= 15 is 0 Å². The smallest absolute Gasteiger partial charge is 0.280 e. The number of rotatable bonds is 11. The summed E-state index contributed by atoms with van der Waals surface area (Å²) in [4.78, 5) is 17.2. The highest BCUT2D eigenvalue weighted by atomic mass is 32.2. The van der Waals surface area contributed by atoms with E-state index in [2.05, 4.69) is 36.5 Å². The molecule has 3 aromatic heterocycles. The Kier molecular flexibility index (Phi) is 9.34. The second-order valence-electron chi connectivity index (χ2n) is 8.79. The number of methoxy groups -OCH3 is 2. The molecule has 0 saturated carbocycles. The molecule has 12 heteroatoms. The summed E-state index contributed by atoms with van der Waals surface area (Å²) >= 11 is 0. The zero-order valence-electron chi connectivity index (χ0n) is 23.2. The third kappa shape index (κ3) is 7.08. The molecule has 4 rings (SSSR count). The van der Waals surface area contributed by atoms with Gasteiger partial charge in [-0.25, -0.2) is 9.97 Å². The summed E-state index contributed by atoms with van der Waals surface area (Å²) in [5.74, 6) is 5.97. The van der Waals surface area contributed by atoms with E-state index in [1.165, 1.54) is 26.5 Å². The van der Waals surface area contributed by atoms with Crippen LogP contribution >= 0.6 is 0 Å². The molecule has 212 valence electrons. The first-order chi connectivity index (χ1) is 19.7. The highest BCUT2D eigenvalue weighted by Gasteiger charge is 2.27. The van der Waals surface area contributed by atoms with Crippen LogP contribution in [0.15, 0.2) is 72.1 Å². The molecule has 0 bridgehead atoms. The maximum atomic E-state index is 13.5. The van der Waals surface area contributed by atoms with Crippen molar-refractivity contribution in [3.05, 3.63) is 72.7 Å². The van der Waals surface area contributed by atoms with E-state index < -0.39 is 16.3 Å². The summed E-state index contributed by atoms with van der Waals surface area (Å²) in [6.45, 7) is 5.61. The van der Waals surface area contributed by atoms with Gasteiger partial charge >= 0.3 is 0 Å². The van der Waals surface area contributed by atoms with Crippen molar-refractivity contribution in [3.8, 4) is 46.4 Å². The molecule has 1 unspecified atom stereocenters. The number of aromatic nitrogens is 4. The number of nitrogens with one attached hydrogen (secondary N) is 1. The first-order valence-corrected chi connectivity index (χ1v) is 14.0. The van der Waals surface area contributed by atoms with Crippen LogP contribution < -0.4 is 18.9 Å². The summed E-state index contributed by atoms with van der Waals surface area (Å²) < 4.78 is 52.5. The van der Waals surface area contributed by atoms with Gasteiger partial charge in [-0.2, -0.15) is 13.4 Å². The fraction of sp³-hybridized carbons (Fsp3) is 0.241. The van der Waals surface area contributed by atoms with Crippen LogP contribution in [0.25, 0.3) is 11.4 Å². The number of sulfonamides is 1. The van der Waals surface area contributed by atoms with Crippen molar-refractivity contribution in [1.29, 1.82) is 0 Å². The van der Waals surface area contributed by atoms with Gasteiger partial charge in [0.1, 0.15) is 0 Å². The summed E-state index contributed by atoms with van der Waals surface area (Å²) in [6.07, 6.45) is 3.59. The average Bonchev–Trinajstić information content (AvgIpc) is 2.98. The zero-order valence-corrected chi connectivity index (χ0v) is 24.0. The molecule has 1 aromatic carbocycles. The normalized spacial score (nSPS) is 11.8. The van der Waals surface area contributed by atoms with Gasteiger partial charge in [-0.15, -0.1) is 5.92 Å². The molecule has 0 radical (unpaired) electrons. The third-order valence-electron chi connectivity index (χ3n) is 5.68. The molecule has 11 nitrogen and oxygen atoms in total. The summed E-state index contributed by atoms with van der Waals surface area (Å²) in [7, 11) is -1.34. The van der Waals surface area contributed by atoms with Crippen LogP contribution in [0.3, 0.4) is 0 Å². The van der Waals surface area contributed by atoms with Crippen molar-refractivity contribution in [2.24, 2.45) is 0 Å². The van der Waals surface area contributed by atoms with Crippen LogP contribution in [-0.4, -0.2) is 48.9 Å². The van der Waals surface area contributed by atoms with Gasteiger partial charge in [-0.1, -0.05) is 32.0 Å². The number of anilines is 1. The van der Waals surface area contributed by atoms with Crippen LogP contribution in [0.5, 0.6) is 23.1 Å². The first kappa shape index (κ1) is 29.3. The van der Waals surface area contributed by atoms with Crippen molar-refractivity contribution in [2.45, 2.75) is 38.0 Å². The highest BCUT2D eigenvalue weighted by Crippen LogP contribution is 2.42. The lowest BCUT2D eigenvalue weighted by Crippen LogP contribution is -2.20. The molecule has 0 saturated heterocycles. The van der Waals surface area contributed by atoms with Crippen molar-refractivity contribution in [2.75, 3.05) is 18.9 Å². The number of ether oxygens (including phenoxy) is 4. The molecule has 0 fully saturated rings. The minimum absolute atomic E-state index is 0.131. The molecule has 4 aromatic rings. The second-order valence-corrected chi connectivity index (χ2v) is 10.4. The Balaban J connectivity index is 1.91. The molecule has 1 atom stereocenters. The second kappa shape index (κ2) is 13.1. The van der Waals surface area contributed by atoms with Gasteiger partial charge in [0.25, 0.3) is 22.2 Å². The predicted molar refractivity (Wildman–Crippen MR) is 152 cm³/mol. The number of pyridine rings is 2. The summed E-state index contributed by atoms with van der Waals surface area (Å²) in [6, 6.07) is 13.3. The molecule has 41 heavy (non-hydrogen) atoms. The van der Waals surface area contributed by atoms with E-state index in [-0.39, 0.29) is 40.0 Å². The fourth-order valence-electron chi connectivity index (χ4n) is 3.54. The van der Waals surface area contributed by atoms with E-state index in [1.807, 2.05) is 13.8 Å². The van der Waals surface area contributed by atoms with Crippen molar-refractivity contribution < 1.29 is 27.4 Å². The van der Waals surface area contributed by atoms with Crippen molar-refractivity contribution in [1.82, 2.24) is 19.9 Å². The van der Waals surface area contributed by atoms with Gasteiger partial charge in [0.2, 0.25) is 5.75 Å². The van der Waals surface area contributed by atoms with Gasteiger partial charge in [0, 0.05) is 31.3 Å². The van der Waals surface area contributed by atoms with E-state index in [9.17, 15) is 8.42 Å². The Bertz CT molecular complexity index is 1650. The Morgan fingerprint density at radius 1 is 0.951 bits per heavy atom. The van der Waals surface area contributed by atoms with Gasteiger partial charge < -0.3 is 18.9 Å². The number of hydrogen-bond acceptors (Lipinski definition) is 10. The Morgan fingerprint density at radius 3 is 2.29 bits per heavy atom. The number of hydrogen-bond donors (Lipinski definition) is 1. The number of nitrogens with zero attached hydrogens (tertiary/aromatic N) is 4. The van der Waals surface area contributed by atoms with Gasteiger partial charge in [0.05, 0.1) is 7.11 Å². The van der Waals surface area contributed by atoms with Gasteiger partial charge in [-0.3, -0.25) is 9.71 Å². The Morgan fingerprint density at radius 2 is 1.68 bits per heavy atom. The van der Waals surface area contributed by atoms with Gasteiger partial charge in [0.15, 0.2) is 28.2 Å². The van der Waals surface area contributed by atoms with E-state index in [0.29, 0.717) is 11.3 Å². The van der Waals surface area contributed by atoms with E-state index in [1.54, 1.807) is 61.8 Å². The number of para-hydroxylation sites is 2. The molecule has 0 spiro atoms. The minimum atomic E-state index is -4.24. The third-order valence-corrected chi connectivity index (χ3v) is 6.94. The molecular formula is C29H29N5O6S. The molecular weight excluding hydrogens is 546 g/mol. The molecule has 3 heterocycles. The molecule has 0 aliphatic rings. The Hall–Kier alpha value is -4.73. The summed E-state index contributed by atoms with van der Waals surface area (Å²) in [5, 5.41) is -0.205. The predicted octanol–water partition coefficient (Wildman–Crippen LogP) is 5.03. The number of benzene rings is 1.